The second-order valence-corrected chi connectivity index (χ2v) is 9.56. The van der Waals surface area contributed by atoms with E-state index in [1.807, 2.05) is 0 Å². The molecule has 3 amide bonds. The van der Waals surface area contributed by atoms with Gasteiger partial charge in [-0.05, 0) is 62.2 Å². The van der Waals surface area contributed by atoms with Crippen molar-refractivity contribution in [2.24, 2.45) is 0 Å². The van der Waals surface area contributed by atoms with Gasteiger partial charge in [0.05, 0.1) is 18.9 Å². The van der Waals surface area contributed by atoms with Gasteiger partial charge in [0.15, 0.2) is 12.2 Å². The van der Waals surface area contributed by atoms with Gasteiger partial charge in [-0.2, -0.15) is 0 Å². The van der Waals surface area contributed by atoms with Crippen molar-refractivity contribution in [2.75, 3.05) is 17.7 Å². The largest absolute Gasteiger partial charge is 0.496 e. The maximum atomic E-state index is 13.4. The van der Waals surface area contributed by atoms with Gasteiger partial charge in [0.25, 0.3) is 5.91 Å². The highest BCUT2D eigenvalue weighted by atomic mass is 19.1. The van der Waals surface area contributed by atoms with E-state index in [0.717, 1.165) is 17.7 Å². The van der Waals surface area contributed by atoms with Crippen LogP contribution in [-0.4, -0.2) is 35.4 Å². The zero-order valence-corrected chi connectivity index (χ0v) is 21.9. The number of nitrogens with zero attached hydrogens (tertiary/aromatic N) is 1. The van der Waals surface area contributed by atoms with Gasteiger partial charge in [0, 0.05) is 34.6 Å². The van der Waals surface area contributed by atoms with Crippen molar-refractivity contribution in [3.8, 4) is 17.1 Å². The van der Waals surface area contributed by atoms with E-state index in [4.69, 9.17) is 9.15 Å². The standard InChI is InChI=1S/C29H26F2N4O5/c1-29(2,14-17-4-6-21(7-5-17)33-26(36)18-10-19(30)12-20(31)11-18)35-28(38)27(37)34-22-8-9-23(24(13-22)39-3)25-15-32-16-40-25/h4-13,15-16H,14H2,1-3H3,(H,33,36)(H,34,37)(H,35,38). The fourth-order valence-electron chi connectivity index (χ4n) is 4.02. The summed E-state index contributed by atoms with van der Waals surface area (Å²) in [6.45, 7) is 3.53. The molecule has 0 unspecified atom stereocenters. The molecule has 11 heteroatoms. The molecule has 3 aromatic carbocycles. The number of hydrogen-bond acceptors (Lipinski definition) is 6. The molecule has 1 aromatic heterocycles. The van der Waals surface area contributed by atoms with Crippen LogP contribution in [-0.2, 0) is 16.0 Å². The minimum atomic E-state index is -0.852. The van der Waals surface area contributed by atoms with Crippen molar-refractivity contribution >= 4 is 29.1 Å². The molecule has 0 saturated heterocycles. The third-order valence-corrected chi connectivity index (χ3v) is 5.80. The van der Waals surface area contributed by atoms with E-state index in [9.17, 15) is 23.2 Å². The Morgan fingerprint density at radius 2 is 1.57 bits per heavy atom. The number of anilines is 2. The number of carbonyl (C=O) groups excluding carboxylic acids is 3. The Labute approximate surface area is 228 Å². The van der Waals surface area contributed by atoms with Gasteiger partial charge in [-0.1, -0.05) is 12.1 Å². The van der Waals surface area contributed by atoms with Crippen LogP contribution in [0.25, 0.3) is 11.3 Å². The van der Waals surface area contributed by atoms with Crippen LogP contribution in [0, 0.1) is 11.6 Å². The number of hydrogen-bond donors (Lipinski definition) is 3. The Balaban J connectivity index is 1.33. The molecule has 4 rings (SSSR count). The number of nitrogens with one attached hydrogen (secondary N) is 3. The number of aromatic nitrogens is 1. The van der Waals surface area contributed by atoms with E-state index in [1.165, 1.54) is 19.7 Å². The number of methoxy groups -OCH3 is 1. The van der Waals surface area contributed by atoms with Crippen LogP contribution in [0.15, 0.2) is 77.7 Å². The quantitative estimate of drug-likeness (QED) is 0.268. The summed E-state index contributed by atoms with van der Waals surface area (Å²) in [4.78, 5) is 41.4. The van der Waals surface area contributed by atoms with Gasteiger partial charge in [-0.3, -0.25) is 14.4 Å². The summed E-state index contributed by atoms with van der Waals surface area (Å²) in [6.07, 6.45) is 3.20. The first kappa shape index (κ1) is 28.0. The first-order chi connectivity index (χ1) is 19.0. The molecule has 206 valence electrons. The Kier molecular flexibility index (Phi) is 8.23. The third kappa shape index (κ3) is 7.07. The Bertz CT molecular complexity index is 1520. The monoisotopic (exact) mass is 548 g/mol. The fourth-order valence-corrected chi connectivity index (χ4v) is 4.02. The first-order valence-electron chi connectivity index (χ1n) is 12.1. The molecular weight excluding hydrogens is 522 g/mol. The predicted octanol–water partition coefficient (Wildman–Crippen LogP) is 4.96. The van der Waals surface area contributed by atoms with Crippen LogP contribution in [0.3, 0.4) is 0 Å². The SMILES string of the molecule is COc1cc(NC(=O)C(=O)NC(C)(C)Cc2ccc(NC(=O)c3cc(F)cc(F)c3)cc2)ccc1-c1cnco1. The van der Waals surface area contributed by atoms with Crippen LogP contribution < -0.4 is 20.7 Å². The van der Waals surface area contributed by atoms with Crippen LogP contribution in [0.1, 0.15) is 29.8 Å². The third-order valence-electron chi connectivity index (χ3n) is 5.80. The summed E-state index contributed by atoms with van der Waals surface area (Å²) < 4.78 is 37.4. The number of amides is 3. The summed E-state index contributed by atoms with van der Waals surface area (Å²) in [5, 5.41) is 7.86. The summed E-state index contributed by atoms with van der Waals surface area (Å²) >= 11 is 0. The first-order valence-corrected chi connectivity index (χ1v) is 12.1. The van der Waals surface area contributed by atoms with Crippen LogP contribution in [0.2, 0.25) is 0 Å². The molecule has 0 bridgehead atoms. The van der Waals surface area contributed by atoms with Crippen molar-refractivity contribution in [3.05, 3.63) is 96.0 Å². The van der Waals surface area contributed by atoms with Crippen molar-refractivity contribution in [3.63, 3.8) is 0 Å². The summed E-state index contributed by atoms with van der Waals surface area (Å²) in [7, 11) is 1.47. The molecule has 0 aliphatic rings. The molecule has 0 aliphatic carbocycles. The fraction of sp³-hybridized carbons (Fsp3) is 0.172. The smallest absolute Gasteiger partial charge is 0.313 e. The van der Waals surface area contributed by atoms with Gasteiger partial charge < -0.3 is 25.1 Å². The summed E-state index contributed by atoms with van der Waals surface area (Å²) in [5.41, 5.74) is 1.28. The Morgan fingerprint density at radius 1 is 0.900 bits per heavy atom. The molecule has 40 heavy (non-hydrogen) atoms. The zero-order chi connectivity index (χ0) is 28.9. The van der Waals surface area contributed by atoms with E-state index < -0.39 is 34.9 Å². The van der Waals surface area contributed by atoms with Gasteiger partial charge in [0.2, 0.25) is 0 Å². The lowest BCUT2D eigenvalue weighted by molar-refractivity contribution is -0.137. The normalized spacial score (nSPS) is 11.0. The minimum Gasteiger partial charge on any atom is -0.496 e. The molecule has 0 atom stereocenters. The highest BCUT2D eigenvalue weighted by molar-refractivity contribution is 6.39. The highest BCUT2D eigenvalue weighted by Crippen LogP contribution is 2.32. The lowest BCUT2D eigenvalue weighted by Gasteiger charge is -2.26. The minimum absolute atomic E-state index is 0.145. The van der Waals surface area contributed by atoms with Crippen LogP contribution in [0.4, 0.5) is 20.2 Å². The summed E-state index contributed by atoms with van der Waals surface area (Å²) in [6, 6.07) is 14.2. The van der Waals surface area contributed by atoms with E-state index in [0.29, 0.717) is 40.9 Å². The number of rotatable bonds is 8. The molecule has 9 nitrogen and oxygen atoms in total. The van der Waals surface area contributed by atoms with E-state index in [1.54, 1.807) is 56.3 Å². The van der Waals surface area contributed by atoms with E-state index in [-0.39, 0.29) is 5.56 Å². The Morgan fingerprint density at radius 3 is 2.20 bits per heavy atom. The predicted molar refractivity (Wildman–Crippen MR) is 144 cm³/mol. The maximum Gasteiger partial charge on any atom is 0.313 e. The summed E-state index contributed by atoms with van der Waals surface area (Å²) in [5.74, 6) is -3.11. The molecule has 0 aliphatic heterocycles. The lowest BCUT2D eigenvalue weighted by Crippen LogP contribution is -2.49. The maximum absolute atomic E-state index is 13.4. The molecular formula is C29H26F2N4O5. The molecule has 0 saturated carbocycles. The number of carbonyl (C=O) groups is 3. The molecule has 4 aromatic rings. The molecule has 0 fully saturated rings. The van der Waals surface area contributed by atoms with Gasteiger partial charge in [-0.15, -0.1) is 0 Å². The van der Waals surface area contributed by atoms with Crippen molar-refractivity contribution in [1.82, 2.24) is 10.3 Å². The van der Waals surface area contributed by atoms with Crippen molar-refractivity contribution < 1.29 is 32.3 Å². The second kappa shape index (κ2) is 11.8. The van der Waals surface area contributed by atoms with E-state index >= 15 is 0 Å². The van der Waals surface area contributed by atoms with Crippen LogP contribution in [0.5, 0.6) is 5.75 Å². The average Bonchev–Trinajstić information content (AvgIpc) is 3.43. The number of ether oxygens (including phenoxy) is 1. The molecule has 1 heterocycles. The number of benzene rings is 3. The topological polar surface area (TPSA) is 123 Å². The van der Waals surface area contributed by atoms with E-state index in [2.05, 4.69) is 20.9 Å². The van der Waals surface area contributed by atoms with Gasteiger partial charge in [0.1, 0.15) is 17.4 Å². The Hall–Kier alpha value is -5.06. The highest BCUT2D eigenvalue weighted by Gasteiger charge is 2.25. The zero-order valence-electron chi connectivity index (χ0n) is 21.9. The molecule has 3 N–H and O–H groups in total. The molecule has 0 spiro atoms. The van der Waals surface area contributed by atoms with Crippen LogP contribution >= 0.6 is 0 Å². The lowest BCUT2D eigenvalue weighted by atomic mass is 9.94. The second-order valence-electron chi connectivity index (χ2n) is 9.56. The molecule has 0 radical (unpaired) electrons. The average molecular weight is 549 g/mol. The van der Waals surface area contributed by atoms with Gasteiger partial charge >= 0.3 is 11.8 Å². The van der Waals surface area contributed by atoms with Crippen molar-refractivity contribution in [2.45, 2.75) is 25.8 Å². The number of halogens is 2. The van der Waals surface area contributed by atoms with Crippen molar-refractivity contribution in [1.29, 1.82) is 0 Å². The van der Waals surface area contributed by atoms with Gasteiger partial charge in [-0.25, -0.2) is 13.8 Å². The number of oxazole rings is 1.